The molecule has 0 saturated heterocycles. The molecule has 0 aliphatic heterocycles. The summed E-state index contributed by atoms with van der Waals surface area (Å²) in [6.45, 7) is 2.01. The molecule has 0 saturated carbocycles. The van der Waals surface area contributed by atoms with E-state index in [9.17, 15) is 0 Å². The van der Waals surface area contributed by atoms with E-state index in [2.05, 4.69) is 27.2 Å². The molecule has 0 spiro atoms. The van der Waals surface area contributed by atoms with Gasteiger partial charge in [0, 0.05) is 10.7 Å². The highest BCUT2D eigenvalue weighted by atomic mass is 79.9. The molecule has 3 nitrogen and oxygen atoms in total. The van der Waals surface area contributed by atoms with Crippen LogP contribution in [0.4, 0.5) is 0 Å². The molecule has 1 atom stereocenters. The first-order valence-electron chi connectivity index (χ1n) is 2.98. The number of nitrogens with one attached hydrogen (secondary N) is 1. The van der Waals surface area contributed by atoms with Crippen LogP contribution in [0.25, 0.3) is 0 Å². The lowest BCUT2D eigenvalue weighted by Gasteiger charge is -2.03. The second-order valence-electron chi connectivity index (χ2n) is 1.89. The number of rotatable bonds is 2. The van der Waals surface area contributed by atoms with Gasteiger partial charge in [-0.3, -0.25) is 4.68 Å². The summed E-state index contributed by atoms with van der Waals surface area (Å²) in [5.74, 6) is 0. The van der Waals surface area contributed by atoms with Gasteiger partial charge in [-0.05, 0) is 37.4 Å². The molecule has 1 aromatic heterocycles. The van der Waals surface area contributed by atoms with Crippen LogP contribution in [0.1, 0.15) is 5.69 Å². The molecule has 1 unspecified atom stereocenters. The minimum absolute atomic E-state index is 0.589. The van der Waals surface area contributed by atoms with Crippen molar-refractivity contribution in [3.63, 3.8) is 0 Å². The van der Waals surface area contributed by atoms with Gasteiger partial charge in [0.05, 0.1) is 0 Å². The first-order valence-corrected chi connectivity index (χ1v) is 5.28. The maximum Gasteiger partial charge on any atom is 0.140 e. The molecule has 5 heteroatoms. The van der Waals surface area contributed by atoms with Gasteiger partial charge >= 0.3 is 0 Å². The van der Waals surface area contributed by atoms with Gasteiger partial charge in [0.15, 0.2) is 0 Å². The largest absolute Gasteiger partial charge is 0.308 e. The molecule has 58 valence electrons. The van der Waals surface area contributed by atoms with Gasteiger partial charge in [0.25, 0.3) is 0 Å². The topological polar surface area (TPSA) is 40.8 Å². The Morgan fingerprint density at radius 1 is 1.82 bits per heavy atom. The van der Waals surface area contributed by atoms with E-state index < -0.39 is 0 Å². The first kappa shape index (κ1) is 8.58. The summed E-state index contributed by atoms with van der Waals surface area (Å²) in [7, 11) is 0.589. The van der Waals surface area contributed by atoms with Crippen LogP contribution in [-0.4, -0.2) is 11.3 Å². The molecule has 0 radical (unpaired) electrons. The molecule has 1 aromatic rings. The third-order valence-electron chi connectivity index (χ3n) is 1.13. The fraction of sp³-hybridized carbons (Fsp3) is 0.167. The summed E-state index contributed by atoms with van der Waals surface area (Å²) in [6, 6.07) is 3.85. The van der Waals surface area contributed by atoms with Crippen molar-refractivity contribution >= 4 is 24.7 Å². The van der Waals surface area contributed by atoms with Crippen LogP contribution in [0, 0.1) is 11.3 Å². The van der Waals surface area contributed by atoms with Crippen molar-refractivity contribution in [2.75, 3.05) is 11.9 Å². The quantitative estimate of drug-likeness (QED) is 0.791. The second-order valence-corrected chi connectivity index (χ2v) is 3.53. The summed E-state index contributed by atoms with van der Waals surface area (Å²) in [4.78, 5) is 0. The third-order valence-corrected chi connectivity index (χ3v) is 2.03. The van der Waals surface area contributed by atoms with E-state index in [1.807, 2.05) is 12.9 Å². The van der Waals surface area contributed by atoms with Gasteiger partial charge in [0.1, 0.15) is 11.8 Å². The Hall–Kier alpha value is -0.520. The van der Waals surface area contributed by atoms with E-state index in [0.29, 0.717) is 14.4 Å². The number of nitrogens with zero attached hydrogens (tertiary/aromatic N) is 2. The molecular formula is C6H7BrN3P. The van der Waals surface area contributed by atoms with Crippen molar-refractivity contribution in [3.8, 4) is 6.07 Å². The zero-order valence-electron chi connectivity index (χ0n) is 5.93. The monoisotopic (exact) mass is 231 g/mol. The molecule has 0 bridgehead atoms. The molecular weight excluding hydrogens is 225 g/mol. The highest BCUT2D eigenvalue weighted by Gasteiger charge is 2.00. The highest BCUT2D eigenvalue weighted by Crippen LogP contribution is 2.14. The van der Waals surface area contributed by atoms with Crippen molar-refractivity contribution in [2.24, 2.45) is 0 Å². The highest BCUT2D eigenvalue weighted by molar-refractivity contribution is 9.10. The van der Waals surface area contributed by atoms with Crippen molar-refractivity contribution in [1.29, 1.82) is 5.26 Å². The van der Waals surface area contributed by atoms with Gasteiger partial charge < -0.3 is 5.20 Å². The number of halogens is 1. The average molecular weight is 232 g/mol. The third kappa shape index (κ3) is 1.95. The first-order chi connectivity index (χ1) is 5.27. The van der Waals surface area contributed by atoms with Gasteiger partial charge in [-0.2, -0.15) is 5.26 Å². The zero-order chi connectivity index (χ0) is 8.27. The number of nitriles is 1. The maximum absolute atomic E-state index is 8.63. The predicted octanol–water partition coefficient (Wildman–Crippen LogP) is 1.89. The van der Waals surface area contributed by atoms with Crippen LogP contribution in [0.15, 0.2) is 16.7 Å². The fourth-order valence-electron chi connectivity index (χ4n) is 0.729. The SMILES string of the molecule is CPNn1cc(Br)cc1C#N. The van der Waals surface area contributed by atoms with Gasteiger partial charge in [-0.1, -0.05) is 0 Å². The summed E-state index contributed by atoms with van der Waals surface area (Å²) in [5, 5.41) is 11.7. The zero-order valence-corrected chi connectivity index (χ0v) is 8.51. The molecule has 0 amide bonds. The smallest absolute Gasteiger partial charge is 0.140 e. The number of hydrogen-bond acceptors (Lipinski definition) is 2. The van der Waals surface area contributed by atoms with E-state index in [1.165, 1.54) is 0 Å². The summed E-state index contributed by atoms with van der Waals surface area (Å²) in [5.41, 5.74) is 0.617. The van der Waals surface area contributed by atoms with Gasteiger partial charge in [-0.15, -0.1) is 0 Å². The molecule has 0 aliphatic carbocycles. The van der Waals surface area contributed by atoms with E-state index in [1.54, 1.807) is 10.7 Å². The molecule has 11 heavy (non-hydrogen) atoms. The molecule has 0 aliphatic rings. The van der Waals surface area contributed by atoms with Crippen molar-refractivity contribution in [1.82, 2.24) is 4.68 Å². The Balaban J connectivity index is 2.95. The lowest BCUT2D eigenvalue weighted by molar-refractivity contribution is 0.991. The van der Waals surface area contributed by atoms with E-state index in [0.717, 1.165) is 4.47 Å². The summed E-state index contributed by atoms with van der Waals surface area (Å²) in [6.07, 6.45) is 1.83. The Labute approximate surface area is 75.3 Å². The summed E-state index contributed by atoms with van der Waals surface area (Å²) < 4.78 is 2.63. The average Bonchev–Trinajstić information content (AvgIpc) is 2.32. The summed E-state index contributed by atoms with van der Waals surface area (Å²) >= 11 is 3.28. The Kier molecular flexibility index (Phi) is 2.92. The molecule has 0 aromatic carbocycles. The van der Waals surface area contributed by atoms with Crippen LogP contribution in [0.2, 0.25) is 0 Å². The Morgan fingerprint density at radius 3 is 3.09 bits per heavy atom. The molecule has 0 fully saturated rings. The van der Waals surface area contributed by atoms with Gasteiger partial charge in [-0.25, -0.2) is 0 Å². The van der Waals surface area contributed by atoms with Crippen molar-refractivity contribution in [2.45, 2.75) is 0 Å². The van der Waals surface area contributed by atoms with E-state index in [4.69, 9.17) is 5.26 Å². The minimum Gasteiger partial charge on any atom is -0.308 e. The standard InChI is InChI=1S/C6H7BrN3P/c1-11-9-10-4-5(7)2-6(10)3-8/h2,4,9,11H,1H3. The Morgan fingerprint density at radius 2 is 2.55 bits per heavy atom. The number of hydrogen-bond donors (Lipinski definition) is 1. The Bertz CT molecular complexity index is 289. The minimum atomic E-state index is 0.589. The normalized spacial score (nSPS) is 10.3. The van der Waals surface area contributed by atoms with Crippen LogP contribution in [-0.2, 0) is 0 Å². The van der Waals surface area contributed by atoms with Crippen LogP contribution in [0.3, 0.4) is 0 Å². The van der Waals surface area contributed by atoms with E-state index in [-0.39, 0.29) is 0 Å². The molecule has 1 heterocycles. The predicted molar refractivity (Wildman–Crippen MR) is 50.4 cm³/mol. The fourth-order valence-corrected chi connectivity index (χ4v) is 1.58. The van der Waals surface area contributed by atoms with Crippen molar-refractivity contribution < 1.29 is 0 Å². The van der Waals surface area contributed by atoms with Crippen LogP contribution >= 0.6 is 24.7 Å². The molecule has 1 rings (SSSR count). The molecule has 1 N–H and O–H groups in total. The van der Waals surface area contributed by atoms with Crippen LogP contribution in [0.5, 0.6) is 0 Å². The van der Waals surface area contributed by atoms with Gasteiger partial charge in [0.2, 0.25) is 0 Å². The van der Waals surface area contributed by atoms with Crippen LogP contribution < -0.4 is 5.20 Å². The lowest BCUT2D eigenvalue weighted by atomic mass is 10.5. The van der Waals surface area contributed by atoms with E-state index >= 15 is 0 Å². The maximum atomic E-state index is 8.63. The number of aromatic nitrogens is 1. The van der Waals surface area contributed by atoms with Crippen molar-refractivity contribution in [3.05, 3.63) is 22.4 Å². The lowest BCUT2D eigenvalue weighted by Crippen LogP contribution is -2.04. The second kappa shape index (κ2) is 3.75.